The van der Waals surface area contributed by atoms with E-state index in [0.717, 1.165) is 6.42 Å². The largest absolute Gasteiger partial charge is 0.313 e. The second-order valence-corrected chi connectivity index (χ2v) is 9.46. The van der Waals surface area contributed by atoms with Crippen molar-refractivity contribution in [3.8, 4) is 0 Å². The van der Waals surface area contributed by atoms with Crippen molar-refractivity contribution in [3.63, 3.8) is 0 Å². The van der Waals surface area contributed by atoms with E-state index in [1.807, 2.05) is 6.07 Å². The van der Waals surface area contributed by atoms with Gasteiger partial charge < -0.3 is 5.32 Å². The fourth-order valence-electron chi connectivity index (χ4n) is 1.55. The highest BCUT2D eigenvalue weighted by atomic mass is 32.2. The highest BCUT2D eigenvalue weighted by molar-refractivity contribution is 7.92. The molecule has 1 rings (SSSR count). The number of hydrogen-bond acceptors (Lipinski definition) is 4. The summed E-state index contributed by atoms with van der Waals surface area (Å²) in [7, 11) is -3.02. The molecule has 0 aliphatic carbocycles. The van der Waals surface area contributed by atoms with Crippen molar-refractivity contribution in [2.75, 3.05) is 12.3 Å². The Morgan fingerprint density at radius 1 is 1.39 bits per heavy atom. The Morgan fingerprint density at radius 2 is 2.06 bits per heavy atom. The van der Waals surface area contributed by atoms with E-state index in [4.69, 9.17) is 0 Å². The SMILES string of the molecule is CC(Cc1cccs1)NCCS(=O)(=O)C(C)(C)C. The standard InChI is InChI=1S/C13H23NO2S2/c1-11(10-12-6-5-8-17-12)14-7-9-18(15,16)13(2,3)4/h5-6,8,11,14H,7,9-10H2,1-4H3. The van der Waals surface area contributed by atoms with Gasteiger partial charge in [0, 0.05) is 17.5 Å². The molecule has 0 fully saturated rings. The molecule has 104 valence electrons. The quantitative estimate of drug-likeness (QED) is 0.875. The number of nitrogens with one attached hydrogen (secondary N) is 1. The Morgan fingerprint density at radius 3 is 2.56 bits per heavy atom. The zero-order valence-electron chi connectivity index (χ0n) is 11.6. The third kappa shape index (κ3) is 4.71. The fraction of sp³-hybridized carbons (Fsp3) is 0.692. The van der Waals surface area contributed by atoms with Crippen LogP contribution in [0.4, 0.5) is 0 Å². The highest BCUT2D eigenvalue weighted by Gasteiger charge is 2.28. The van der Waals surface area contributed by atoms with Crippen LogP contribution < -0.4 is 5.32 Å². The van der Waals surface area contributed by atoms with Crippen molar-refractivity contribution in [2.24, 2.45) is 0 Å². The van der Waals surface area contributed by atoms with Gasteiger partial charge in [0.15, 0.2) is 9.84 Å². The molecule has 0 radical (unpaired) electrons. The smallest absolute Gasteiger partial charge is 0.156 e. The van der Waals surface area contributed by atoms with Crippen molar-refractivity contribution in [3.05, 3.63) is 22.4 Å². The van der Waals surface area contributed by atoms with Crippen LogP contribution in [-0.2, 0) is 16.3 Å². The van der Waals surface area contributed by atoms with Crippen LogP contribution in [0, 0.1) is 0 Å². The van der Waals surface area contributed by atoms with Crippen molar-refractivity contribution in [2.45, 2.75) is 44.9 Å². The molecule has 1 atom stereocenters. The van der Waals surface area contributed by atoms with E-state index < -0.39 is 14.6 Å². The van der Waals surface area contributed by atoms with E-state index >= 15 is 0 Å². The van der Waals surface area contributed by atoms with E-state index in [9.17, 15) is 8.42 Å². The first-order valence-corrected chi connectivity index (χ1v) is 8.73. The van der Waals surface area contributed by atoms with Crippen LogP contribution in [-0.4, -0.2) is 31.5 Å². The average Bonchev–Trinajstić information content (AvgIpc) is 2.68. The van der Waals surface area contributed by atoms with Crippen LogP contribution in [0.15, 0.2) is 17.5 Å². The molecule has 3 nitrogen and oxygen atoms in total. The molecule has 0 amide bonds. The van der Waals surface area contributed by atoms with Crippen molar-refractivity contribution < 1.29 is 8.42 Å². The normalized spacial score (nSPS) is 14.7. The van der Waals surface area contributed by atoms with Gasteiger partial charge in [-0.05, 0) is 45.6 Å². The summed E-state index contributed by atoms with van der Waals surface area (Å²) < 4.78 is 23.2. The van der Waals surface area contributed by atoms with Crippen LogP contribution in [0.3, 0.4) is 0 Å². The maximum atomic E-state index is 11.9. The molecule has 1 heterocycles. The molecular formula is C13H23NO2S2. The first-order chi connectivity index (χ1) is 8.22. The maximum absolute atomic E-state index is 11.9. The lowest BCUT2D eigenvalue weighted by molar-refractivity contribution is 0.539. The summed E-state index contributed by atoms with van der Waals surface area (Å²) >= 11 is 1.74. The highest BCUT2D eigenvalue weighted by Crippen LogP contribution is 2.15. The zero-order valence-corrected chi connectivity index (χ0v) is 13.2. The molecule has 0 aliphatic rings. The summed E-state index contributed by atoms with van der Waals surface area (Å²) in [5, 5.41) is 5.34. The van der Waals surface area contributed by atoms with E-state index in [-0.39, 0.29) is 5.75 Å². The topological polar surface area (TPSA) is 46.2 Å². The molecule has 1 N–H and O–H groups in total. The lowest BCUT2D eigenvalue weighted by atomic mass is 10.2. The number of hydrogen-bond donors (Lipinski definition) is 1. The third-order valence-electron chi connectivity index (χ3n) is 2.88. The van der Waals surface area contributed by atoms with Gasteiger partial charge in [-0.3, -0.25) is 0 Å². The van der Waals surface area contributed by atoms with Crippen molar-refractivity contribution in [1.29, 1.82) is 0 Å². The van der Waals surface area contributed by atoms with E-state index in [1.54, 1.807) is 32.1 Å². The fourth-order valence-corrected chi connectivity index (χ4v) is 3.38. The predicted molar refractivity (Wildman–Crippen MR) is 79.0 cm³/mol. The second-order valence-electron chi connectivity index (χ2n) is 5.57. The minimum atomic E-state index is -3.02. The van der Waals surface area contributed by atoms with Crippen molar-refractivity contribution in [1.82, 2.24) is 5.32 Å². The first kappa shape index (κ1) is 15.7. The molecule has 0 bridgehead atoms. The molecule has 18 heavy (non-hydrogen) atoms. The van der Waals surface area contributed by atoms with Gasteiger partial charge in [0.25, 0.3) is 0 Å². The van der Waals surface area contributed by atoms with Gasteiger partial charge >= 0.3 is 0 Å². The zero-order chi connectivity index (χ0) is 13.8. The number of sulfone groups is 1. The first-order valence-electron chi connectivity index (χ1n) is 6.20. The van der Waals surface area contributed by atoms with Gasteiger partial charge in [-0.25, -0.2) is 8.42 Å². The average molecular weight is 289 g/mol. The lowest BCUT2D eigenvalue weighted by Gasteiger charge is -2.20. The Balaban J connectivity index is 2.34. The van der Waals surface area contributed by atoms with Crippen molar-refractivity contribution >= 4 is 21.2 Å². The van der Waals surface area contributed by atoms with Gasteiger partial charge in [0.2, 0.25) is 0 Å². The maximum Gasteiger partial charge on any atom is 0.156 e. The predicted octanol–water partition coefficient (Wildman–Crippen LogP) is 2.48. The van der Waals surface area contributed by atoms with E-state index in [1.165, 1.54) is 4.88 Å². The molecule has 5 heteroatoms. The number of rotatable bonds is 6. The summed E-state index contributed by atoms with van der Waals surface area (Å²) in [6, 6.07) is 4.45. The molecule has 0 aromatic carbocycles. The molecule has 0 spiro atoms. The van der Waals surface area contributed by atoms with Gasteiger partial charge in [0.05, 0.1) is 10.5 Å². The summed E-state index contributed by atoms with van der Waals surface area (Å²) in [4.78, 5) is 1.33. The van der Waals surface area contributed by atoms with Gasteiger partial charge in [-0.15, -0.1) is 11.3 Å². The summed E-state index contributed by atoms with van der Waals surface area (Å²) in [6.07, 6.45) is 0.952. The van der Waals surface area contributed by atoms with Gasteiger partial charge in [-0.2, -0.15) is 0 Å². The van der Waals surface area contributed by atoms with E-state index in [2.05, 4.69) is 23.7 Å². The molecule has 0 saturated heterocycles. The molecule has 0 aliphatic heterocycles. The molecular weight excluding hydrogens is 266 g/mol. The van der Waals surface area contributed by atoms with Gasteiger partial charge in [-0.1, -0.05) is 6.07 Å². The Hall–Kier alpha value is -0.390. The third-order valence-corrected chi connectivity index (χ3v) is 6.39. The Labute approximate surface area is 115 Å². The minimum Gasteiger partial charge on any atom is -0.313 e. The van der Waals surface area contributed by atoms with Crippen LogP contribution >= 0.6 is 11.3 Å². The molecule has 0 saturated carbocycles. The van der Waals surface area contributed by atoms with Gasteiger partial charge in [0.1, 0.15) is 0 Å². The van der Waals surface area contributed by atoms with Crippen LogP contribution in [0.1, 0.15) is 32.6 Å². The molecule has 1 aromatic rings. The second kappa shape index (κ2) is 6.17. The van der Waals surface area contributed by atoms with Crippen LogP contribution in [0.25, 0.3) is 0 Å². The van der Waals surface area contributed by atoms with Crippen LogP contribution in [0.2, 0.25) is 0 Å². The summed E-state index contributed by atoms with van der Waals surface area (Å²) in [5.74, 6) is 0.200. The number of thiophene rings is 1. The Kier molecular flexibility index (Phi) is 5.37. The van der Waals surface area contributed by atoms with E-state index in [0.29, 0.717) is 12.6 Å². The molecule has 1 aromatic heterocycles. The lowest BCUT2D eigenvalue weighted by Crippen LogP contribution is -2.37. The molecule has 1 unspecified atom stereocenters. The minimum absolute atomic E-state index is 0.200. The monoisotopic (exact) mass is 289 g/mol. The van der Waals surface area contributed by atoms with Crippen LogP contribution in [0.5, 0.6) is 0 Å². The summed E-state index contributed by atoms with van der Waals surface area (Å²) in [5.41, 5.74) is 0. The summed E-state index contributed by atoms with van der Waals surface area (Å²) in [6.45, 7) is 7.85. The Bertz CT molecular complexity index is 444.